The van der Waals surface area contributed by atoms with E-state index in [0.29, 0.717) is 10.6 Å². The van der Waals surface area contributed by atoms with E-state index >= 15 is 0 Å². The number of hydrogen-bond acceptors (Lipinski definition) is 3. The molecule has 0 atom stereocenters. The van der Waals surface area contributed by atoms with Crippen LogP contribution in [-0.2, 0) is 33.1 Å². The summed E-state index contributed by atoms with van der Waals surface area (Å²) in [5.41, 5.74) is 4.15. The fourth-order valence-electron chi connectivity index (χ4n) is 4.88. The lowest BCUT2D eigenvalue weighted by atomic mass is 9.80. The Bertz CT molecular complexity index is 1050. The Hall–Kier alpha value is -2.34. The predicted molar refractivity (Wildman–Crippen MR) is 104 cm³/mol. The van der Waals surface area contributed by atoms with E-state index in [2.05, 4.69) is 10.0 Å². The third kappa shape index (κ3) is 2.57. The number of amides is 1. The number of anilines is 2. The molecule has 2 aliphatic carbocycles. The van der Waals surface area contributed by atoms with Gasteiger partial charge in [0, 0.05) is 11.4 Å². The highest BCUT2D eigenvalue weighted by molar-refractivity contribution is 7.92. The van der Waals surface area contributed by atoms with Gasteiger partial charge in [0.25, 0.3) is 10.0 Å². The van der Waals surface area contributed by atoms with Gasteiger partial charge >= 0.3 is 0 Å². The summed E-state index contributed by atoms with van der Waals surface area (Å²) in [5.74, 6) is 0.0497. The molecule has 0 bridgehead atoms. The molecule has 3 aliphatic rings. The molecule has 5 nitrogen and oxygen atoms in total. The van der Waals surface area contributed by atoms with E-state index in [-0.39, 0.29) is 5.91 Å². The van der Waals surface area contributed by atoms with Crippen LogP contribution < -0.4 is 10.0 Å². The monoisotopic (exact) mass is 382 g/mol. The molecule has 6 heteroatoms. The molecule has 27 heavy (non-hydrogen) atoms. The first-order valence-electron chi connectivity index (χ1n) is 9.59. The van der Waals surface area contributed by atoms with Crippen molar-refractivity contribution >= 4 is 27.3 Å². The highest BCUT2D eigenvalue weighted by atomic mass is 32.2. The second kappa shape index (κ2) is 5.83. The number of aryl methyl sites for hydroxylation is 2. The van der Waals surface area contributed by atoms with Gasteiger partial charge in [-0.15, -0.1) is 0 Å². The van der Waals surface area contributed by atoms with Crippen molar-refractivity contribution in [2.75, 3.05) is 10.0 Å². The number of carbonyl (C=O) groups excluding carboxylic acids is 1. The second-order valence-electron chi connectivity index (χ2n) is 7.89. The average Bonchev–Trinajstić information content (AvgIpc) is 3.36. The number of hydrogen-bond donors (Lipinski definition) is 2. The Morgan fingerprint density at radius 2 is 1.70 bits per heavy atom. The molecule has 5 rings (SSSR count). The Morgan fingerprint density at radius 3 is 2.52 bits per heavy atom. The minimum Gasteiger partial charge on any atom is -0.325 e. The van der Waals surface area contributed by atoms with Crippen LogP contribution in [0.4, 0.5) is 11.4 Å². The van der Waals surface area contributed by atoms with Crippen LogP contribution in [0, 0.1) is 0 Å². The van der Waals surface area contributed by atoms with Crippen LogP contribution in [0.15, 0.2) is 41.3 Å². The molecule has 1 fully saturated rings. The number of rotatable bonds is 3. The van der Waals surface area contributed by atoms with E-state index in [0.717, 1.165) is 61.8 Å². The number of sulfonamides is 1. The lowest BCUT2D eigenvalue weighted by Crippen LogP contribution is -2.31. The number of carbonyl (C=O) groups is 1. The highest BCUT2D eigenvalue weighted by Gasteiger charge is 2.48. The number of nitrogens with one attached hydrogen (secondary N) is 2. The van der Waals surface area contributed by atoms with E-state index in [1.807, 2.05) is 12.1 Å². The largest absolute Gasteiger partial charge is 0.325 e. The van der Waals surface area contributed by atoms with Crippen molar-refractivity contribution in [2.45, 2.75) is 55.3 Å². The summed E-state index contributed by atoms with van der Waals surface area (Å²) >= 11 is 0. The third-order valence-corrected chi connectivity index (χ3v) is 7.69. The molecule has 2 N–H and O–H groups in total. The van der Waals surface area contributed by atoms with Gasteiger partial charge in [-0.1, -0.05) is 18.9 Å². The Kier molecular flexibility index (Phi) is 3.63. The van der Waals surface area contributed by atoms with Gasteiger partial charge in [-0.3, -0.25) is 9.52 Å². The fourth-order valence-corrected chi connectivity index (χ4v) is 5.98. The first-order valence-corrected chi connectivity index (χ1v) is 11.1. The van der Waals surface area contributed by atoms with Gasteiger partial charge in [0.05, 0.1) is 10.3 Å². The van der Waals surface area contributed by atoms with Crippen LogP contribution in [0.25, 0.3) is 0 Å². The molecule has 0 aromatic heterocycles. The lowest BCUT2D eigenvalue weighted by molar-refractivity contribution is -0.120. The molecule has 1 spiro atoms. The molecule has 2 aromatic carbocycles. The number of fused-ring (bicyclic) bond motifs is 3. The van der Waals surface area contributed by atoms with E-state index < -0.39 is 15.4 Å². The third-order valence-electron chi connectivity index (χ3n) is 6.31. The van der Waals surface area contributed by atoms with Gasteiger partial charge in [0.15, 0.2) is 0 Å². The lowest BCUT2D eigenvalue weighted by Gasteiger charge is -2.21. The van der Waals surface area contributed by atoms with Gasteiger partial charge in [-0.2, -0.15) is 0 Å². The van der Waals surface area contributed by atoms with Crippen LogP contribution in [0.5, 0.6) is 0 Å². The van der Waals surface area contributed by atoms with Crippen molar-refractivity contribution in [3.8, 4) is 0 Å². The van der Waals surface area contributed by atoms with Gasteiger partial charge in [0.2, 0.25) is 5.91 Å². The normalized spacial score (nSPS) is 19.8. The van der Waals surface area contributed by atoms with Crippen LogP contribution in [0.3, 0.4) is 0 Å². The van der Waals surface area contributed by atoms with Crippen LogP contribution >= 0.6 is 0 Å². The van der Waals surface area contributed by atoms with E-state index in [9.17, 15) is 13.2 Å². The Morgan fingerprint density at radius 1 is 0.926 bits per heavy atom. The van der Waals surface area contributed by atoms with Crippen LogP contribution in [-0.4, -0.2) is 14.3 Å². The summed E-state index contributed by atoms with van der Waals surface area (Å²) in [6.45, 7) is 0. The second-order valence-corrected chi connectivity index (χ2v) is 9.58. The van der Waals surface area contributed by atoms with Crippen molar-refractivity contribution in [1.82, 2.24) is 0 Å². The summed E-state index contributed by atoms with van der Waals surface area (Å²) in [7, 11) is -3.66. The summed E-state index contributed by atoms with van der Waals surface area (Å²) in [5, 5.41) is 2.96. The van der Waals surface area contributed by atoms with Gasteiger partial charge in [-0.05, 0) is 79.1 Å². The maximum Gasteiger partial charge on any atom is 0.261 e. The molecule has 2 aromatic rings. The van der Waals surface area contributed by atoms with Gasteiger partial charge < -0.3 is 5.32 Å². The molecular formula is C21H22N2O3S. The maximum atomic E-state index is 12.9. The predicted octanol–water partition coefficient (Wildman–Crippen LogP) is 3.74. The van der Waals surface area contributed by atoms with E-state index in [1.54, 1.807) is 24.3 Å². The van der Waals surface area contributed by atoms with Crippen LogP contribution in [0.2, 0.25) is 0 Å². The van der Waals surface area contributed by atoms with Crippen molar-refractivity contribution in [1.29, 1.82) is 0 Å². The molecule has 0 unspecified atom stereocenters. The molecule has 1 heterocycles. The number of benzene rings is 2. The maximum absolute atomic E-state index is 12.9. The molecular weight excluding hydrogens is 360 g/mol. The molecule has 1 amide bonds. The zero-order valence-corrected chi connectivity index (χ0v) is 15.9. The standard InChI is InChI=1S/C21H22N2O3S/c24-20-21(10-1-2-11-21)18-13-16(7-9-19(18)22-20)23-27(25,26)17-8-6-14-4-3-5-15(14)12-17/h6-9,12-13,23H,1-5,10-11H2,(H,22,24). The zero-order valence-electron chi connectivity index (χ0n) is 15.0. The van der Waals surface area contributed by atoms with E-state index in [4.69, 9.17) is 0 Å². The fraction of sp³-hybridized carbons (Fsp3) is 0.381. The Labute approximate surface area is 159 Å². The summed E-state index contributed by atoms with van der Waals surface area (Å²) in [4.78, 5) is 12.8. The molecule has 0 radical (unpaired) electrons. The first-order chi connectivity index (χ1) is 13.0. The SMILES string of the molecule is O=C1Nc2ccc(NS(=O)(=O)c3ccc4c(c3)CCC4)cc2C12CCCC2. The van der Waals surface area contributed by atoms with Crippen molar-refractivity contribution in [3.05, 3.63) is 53.1 Å². The minimum absolute atomic E-state index is 0.0497. The van der Waals surface area contributed by atoms with Crippen LogP contribution in [0.1, 0.15) is 48.8 Å². The Balaban J connectivity index is 1.48. The van der Waals surface area contributed by atoms with Gasteiger partial charge in [0.1, 0.15) is 0 Å². The summed E-state index contributed by atoms with van der Waals surface area (Å²) < 4.78 is 28.5. The topological polar surface area (TPSA) is 75.3 Å². The summed E-state index contributed by atoms with van der Waals surface area (Å²) in [6.07, 6.45) is 6.75. The molecule has 0 saturated heterocycles. The molecule has 1 saturated carbocycles. The first kappa shape index (κ1) is 16.8. The van der Waals surface area contributed by atoms with Gasteiger partial charge in [-0.25, -0.2) is 8.42 Å². The van der Waals surface area contributed by atoms with Crippen molar-refractivity contribution < 1.29 is 13.2 Å². The molecule has 140 valence electrons. The summed E-state index contributed by atoms with van der Waals surface area (Å²) in [6, 6.07) is 10.8. The quantitative estimate of drug-likeness (QED) is 0.849. The van der Waals surface area contributed by atoms with Crippen molar-refractivity contribution in [2.24, 2.45) is 0 Å². The van der Waals surface area contributed by atoms with E-state index in [1.165, 1.54) is 5.56 Å². The van der Waals surface area contributed by atoms with Crippen molar-refractivity contribution in [3.63, 3.8) is 0 Å². The smallest absolute Gasteiger partial charge is 0.261 e. The minimum atomic E-state index is -3.66. The average molecular weight is 382 g/mol. The zero-order chi connectivity index (χ0) is 18.6. The highest BCUT2D eigenvalue weighted by Crippen LogP contribution is 2.49. The molecule has 1 aliphatic heterocycles.